The normalized spacial score (nSPS) is 12.7. The van der Waals surface area contributed by atoms with Crippen molar-refractivity contribution in [2.24, 2.45) is 0 Å². The van der Waals surface area contributed by atoms with Crippen molar-refractivity contribution in [1.82, 2.24) is 5.32 Å². The standard InChI is InChI=1S/C13H20ClNOS/c1-4-15-10(2)12-6-5-11(9-13(12)14)17-8-7-16-3/h5-6,9-10,15H,4,7-8H2,1-3H3. The summed E-state index contributed by atoms with van der Waals surface area (Å²) in [5.41, 5.74) is 1.16. The molecule has 17 heavy (non-hydrogen) atoms. The van der Waals surface area contributed by atoms with Crippen LogP contribution in [0.4, 0.5) is 0 Å². The predicted molar refractivity (Wildman–Crippen MR) is 76.1 cm³/mol. The third kappa shape index (κ3) is 4.88. The Bertz CT molecular complexity index is 346. The van der Waals surface area contributed by atoms with Gasteiger partial charge in [-0.3, -0.25) is 0 Å². The van der Waals surface area contributed by atoms with E-state index in [0.717, 1.165) is 29.5 Å². The first-order valence-electron chi connectivity index (χ1n) is 5.83. The number of hydrogen-bond acceptors (Lipinski definition) is 3. The quantitative estimate of drug-likeness (QED) is 0.604. The van der Waals surface area contributed by atoms with Gasteiger partial charge in [0, 0.05) is 28.8 Å². The van der Waals surface area contributed by atoms with Crippen LogP contribution in [-0.2, 0) is 4.74 Å². The molecule has 0 heterocycles. The van der Waals surface area contributed by atoms with Gasteiger partial charge in [-0.2, -0.15) is 0 Å². The first-order valence-corrected chi connectivity index (χ1v) is 7.20. The van der Waals surface area contributed by atoms with Gasteiger partial charge in [-0.25, -0.2) is 0 Å². The SMILES string of the molecule is CCNC(C)c1ccc(SCCOC)cc1Cl. The molecule has 1 aromatic rings. The highest BCUT2D eigenvalue weighted by molar-refractivity contribution is 7.99. The molecule has 96 valence electrons. The number of rotatable bonds is 7. The maximum Gasteiger partial charge on any atom is 0.0556 e. The molecule has 0 aliphatic heterocycles. The Morgan fingerprint density at radius 1 is 1.47 bits per heavy atom. The molecule has 0 aliphatic carbocycles. The van der Waals surface area contributed by atoms with Gasteiger partial charge in [0.15, 0.2) is 0 Å². The van der Waals surface area contributed by atoms with Gasteiger partial charge in [-0.15, -0.1) is 11.8 Å². The molecule has 0 amide bonds. The third-order valence-corrected chi connectivity index (χ3v) is 3.79. The number of ether oxygens (including phenoxy) is 1. The van der Waals surface area contributed by atoms with Gasteiger partial charge in [-0.1, -0.05) is 24.6 Å². The number of methoxy groups -OCH3 is 1. The summed E-state index contributed by atoms with van der Waals surface area (Å²) in [4.78, 5) is 1.19. The topological polar surface area (TPSA) is 21.3 Å². The maximum absolute atomic E-state index is 6.29. The highest BCUT2D eigenvalue weighted by atomic mass is 35.5. The summed E-state index contributed by atoms with van der Waals surface area (Å²) in [7, 11) is 1.72. The van der Waals surface area contributed by atoms with Gasteiger partial charge in [0.25, 0.3) is 0 Å². The van der Waals surface area contributed by atoms with Crippen LogP contribution in [0.15, 0.2) is 23.1 Å². The zero-order valence-corrected chi connectivity index (χ0v) is 12.2. The van der Waals surface area contributed by atoms with Gasteiger partial charge >= 0.3 is 0 Å². The van der Waals surface area contributed by atoms with E-state index in [-0.39, 0.29) is 0 Å². The minimum absolute atomic E-state index is 0.297. The van der Waals surface area contributed by atoms with Gasteiger partial charge < -0.3 is 10.1 Å². The van der Waals surface area contributed by atoms with E-state index in [1.54, 1.807) is 18.9 Å². The number of nitrogens with one attached hydrogen (secondary N) is 1. The second-order valence-corrected chi connectivity index (χ2v) is 5.38. The Morgan fingerprint density at radius 2 is 2.24 bits per heavy atom. The molecule has 0 aliphatic rings. The fourth-order valence-electron chi connectivity index (χ4n) is 1.61. The number of thioether (sulfide) groups is 1. The molecule has 0 spiro atoms. The average molecular weight is 274 g/mol. The molecule has 4 heteroatoms. The van der Waals surface area contributed by atoms with Crippen LogP contribution in [0, 0.1) is 0 Å². The van der Waals surface area contributed by atoms with Gasteiger partial charge in [-0.05, 0) is 31.2 Å². The van der Waals surface area contributed by atoms with Crippen molar-refractivity contribution in [2.45, 2.75) is 24.8 Å². The van der Waals surface area contributed by atoms with E-state index in [0.29, 0.717) is 6.04 Å². The van der Waals surface area contributed by atoms with E-state index < -0.39 is 0 Å². The minimum Gasteiger partial charge on any atom is -0.384 e. The minimum atomic E-state index is 0.297. The monoisotopic (exact) mass is 273 g/mol. The van der Waals surface area contributed by atoms with E-state index in [9.17, 15) is 0 Å². The lowest BCUT2D eigenvalue weighted by Crippen LogP contribution is -2.17. The fourth-order valence-corrected chi connectivity index (χ4v) is 2.87. The molecule has 0 fully saturated rings. The van der Waals surface area contributed by atoms with Crippen LogP contribution in [0.1, 0.15) is 25.5 Å². The Kier molecular flexibility index (Phi) is 6.97. The van der Waals surface area contributed by atoms with Crippen LogP contribution < -0.4 is 5.32 Å². The van der Waals surface area contributed by atoms with Crippen molar-refractivity contribution >= 4 is 23.4 Å². The molecular formula is C13H20ClNOS. The molecule has 0 bridgehead atoms. The molecule has 1 atom stereocenters. The smallest absolute Gasteiger partial charge is 0.0556 e. The molecule has 1 unspecified atom stereocenters. The Labute approximate surface area is 113 Å². The first-order chi connectivity index (χ1) is 8.19. The van der Waals surface area contributed by atoms with Crippen LogP contribution in [-0.4, -0.2) is 26.0 Å². The summed E-state index contributed by atoms with van der Waals surface area (Å²) in [5, 5.41) is 4.20. The maximum atomic E-state index is 6.29. The van der Waals surface area contributed by atoms with Crippen molar-refractivity contribution in [1.29, 1.82) is 0 Å². The van der Waals surface area contributed by atoms with Crippen LogP contribution in [0.25, 0.3) is 0 Å². The second-order valence-electron chi connectivity index (χ2n) is 3.80. The Morgan fingerprint density at radius 3 is 2.82 bits per heavy atom. The van der Waals surface area contributed by atoms with E-state index in [4.69, 9.17) is 16.3 Å². The summed E-state index contributed by atoms with van der Waals surface area (Å²) < 4.78 is 5.02. The zero-order valence-electron chi connectivity index (χ0n) is 10.6. The van der Waals surface area contributed by atoms with Crippen molar-refractivity contribution < 1.29 is 4.74 Å². The predicted octanol–water partition coefficient (Wildman–Crippen LogP) is 3.75. The lowest BCUT2D eigenvalue weighted by atomic mass is 10.1. The van der Waals surface area contributed by atoms with Crippen molar-refractivity contribution in [3.05, 3.63) is 28.8 Å². The molecule has 2 nitrogen and oxygen atoms in total. The van der Waals surface area contributed by atoms with Crippen molar-refractivity contribution in [3.63, 3.8) is 0 Å². The van der Waals surface area contributed by atoms with Crippen LogP contribution in [0.3, 0.4) is 0 Å². The highest BCUT2D eigenvalue weighted by Gasteiger charge is 2.08. The third-order valence-electron chi connectivity index (χ3n) is 2.50. The molecule has 1 N–H and O–H groups in total. The lowest BCUT2D eigenvalue weighted by Gasteiger charge is -2.15. The fraction of sp³-hybridized carbons (Fsp3) is 0.538. The molecule has 0 aromatic heterocycles. The zero-order chi connectivity index (χ0) is 12.7. The molecule has 0 saturated heterocycles. The van der Waals surface area contributed by atoms with E-state index in [1.807, 2.05) is 6.07 Å². The van der Waals surface area contributed by atoms with Crippen LogP contribution in [0.5, 0.6) is 0 Å². The summed E-state index contributed by atoms with van der Waals surface area (Å²) in [6.07, 6.45) is 0. The largest absolute Gasteiger partial charge is 0.384 e. The summed E-state index contributed by atoms with van der Waals surface area (Å²) in [6.45, 7) is 5.93. The number of halogens is 1. The molecule has 1 aromatic carbocycles. The Hall–Kier alpha value is -0.220. The molecule has 0 radical (unpaired) electrons. The average Bonchev–Trinajstić information content (AvgIpc) is 2.29. The summed E-state index contributed by atoms with van der Waals surface area (Å²) >= 11 is 8.05. The Balaban J connectivity index is 2.65. The number of benzene rings is 1. The highest BCUT2D eigenvalue weighted by Crippen LogP contribution is 2.28. The molecule has 0 saturated carbocycles. The molecular weight excluding hydrogens is 254 g/mol. The van der Waals surface area contributed by atoms with Gasteiger partial charge in [0.05, 0.1) is 6.61 Å². The second kappa shape index (κ2) is 7.98. The molecule has 1 rings (SSSR count). The first kappa shape index (κ1) is 14.8. The van der Waals surface area contributed by atoms with E-state index in [2.05, 4.69) is 31.3 Å². The summed E-state index contributed by atoms with van der Waals surface area (Å²) in [6, 6.07) is 6.55. The summed E-state index contributed by atoms with van der Waals surface area (Å²) in [5.74, 6) is 0.953. The number of hydrogen-bond donors (Lipinski definition) is 1. The van der Waals surface area contributed by atoms with E-state index >= 15 is 0 Å². The van der Waals surface area contributed by atoms with Crippen LogP contribution in [0.2, 0.25) is 5.02 Å². The van der Waals surface area contributed by atoms with E-state index in [1.165, 1.54) is 4.90 Å². The van der Waals surface area contributed by atoms with Gasteiger partial charge in [0.1, 0.15) is 0 Å². The lowest BCUT2D eigenvalue weighted by molar-refractivity contribution is 0.218. The van der Waals surface area contributed by atoms with Gasteiger partial charge in [0.2, 0.25) is 0 Å². The van der Waals surface area contributed by atoms with Crippen molar-refractivity contribution in [2.75, 3.05) is 26.0 Å². The van der Waals surface area contributed by atoms with Crippen LogP contribution >= 0.6 is 23.4 Å². The van der Waals surface area contributed by atoms with Crippen molar-refractivity contribution in [3.8, 4) is 0 Å².